The molecule has 3 aromatic carbocycles. The van der Waals surface area contributed by atoms with Crippen LogP contribution >= 0.6 is 11.8 Å². The van der Waals surface area contributed by atoms with Crippen molar-refractivity contribution in [3.05, 3.63) is 106 Å². The lowest BCUT2D eigenvalue weighted by atomic mass is 10.1. The van der Waals surface area contributed by atoms with E-state index in [9.17, 15) is 18.8 Å². The van der Waals surface area contributed by atoms with Gasteiger partial charge in [0, 0.05) is 11.3 Å². The standard InChI is InChI=1S/C24H17FN2O3S/c25-19-6-4-5-17(13-19)15-27-23(29)21(31-24(27)30)14-16-9-11-18(12-10-16)22(28)26-20-7-2-1-3-8-20/h1-14H,15H2,(H,26,28). The number of amides is 3. The minimum Gasteiger partial charge on any atom is -0.322 e. The zero-order valence-corrected chi connectivity index (χ0v) is 17.1. The van der Waals surface area contributed by atoms with E-state index >= 15 is 0 Å². The van der Waals surface area contributed by atoms with Crippen molar-refractivity contribution < 1.29 is 18.8 Å². The summed E-state index contributed by atoms with van der Waals surface area (Å²) >= 11 is 0.838. The Bertz CT molecular complexity index is 1180. The number of rotatable bonds is 5. The maximum absolute atomic E-state index is 13.4. The topological polar surface area (TPSA) is 66.5 Å². The quantitative estimate of drug-likeness (QED) is 0.555. The lowest BCUT2D eigenvalue weighted by Gasteiger charge is -2.12. The molecule has 0 unspecified atom stereocenters. The van der Waals surface area contributed by atoms with E-state index in [2.05, 4.69) is 5.32 Å². The maximum Gasteiger partial charge on any atom is 0.293 e. The molecular formula is C24H17FN2O3S. The predicted molar refractivity (Wildman–Crippen MR) is 119 cm³/mol. The molecule has 1 N–H and O–H groups in total. The van der Waals surface area contributed by atoms with Crippen molar-refractivity contribution in [2.75, 3.05) is 5.32 Å². The second kappa shape index (κ2) is 8.97. The zero-order valence-electron chi connectivity index (χ0n) is 16.2. The molecule has 1 aliphatic rings. The highest BCUT2D eigenvalue weighted by molar-refractivity contribution is 8.18. The van der Waals surface area contributed by atoms with E-state index in [0.29, 0.717) is 22.4 Å². The molecule has 0 aliphatic carbocycles. The number of carbonyl (C=O) groups excluding carboxylic acids is 3. The van der Waals surface area contributed by atoms with Crippen LogP contribution in [-0.2, 0) is 11.3 Å². The van der Waals surface area contributed by atoms with E-state index in [1.807, 2.05) is 18.2 Å². The van der Waals surface area contributed by atoms with E-state index in [1.54, 1.807) is 48.5 Å². The number of imide groups is 1. The molecule has 7 heteroatoms. The first-order valence-electron chi connectivity index (χ1n) is 9.46. The summed E-state index contributed by atoms with van der Waals surface area (Å²) in [7, 11) is 0. The van der Waals surface area contributed by atoms with Gasteiger partial charge < -0.3 is 5.32 Å². The van der Waals surface area contributed by atoms with E-state index in [1.165, 1.54) is 18.2 Å². The lowest BCUT2D eigenvalue weighted by Crippen LogP contribution is -2.27. The number of carbonyl (C=O) groups is 3. The summed E-state index contributed by atoms with van der Waals surface area (Å²) < 4.78 is 13.4. The van der Waals surface area contributed by atoms with Crippen molar-refractivity contribution in [2.24, 2.45) is 0 Å². The molecule has 4 rings (SSSR count). The third-order valence-corrected chi connectivity index (χ3v) is 5.51. The summed E-state index contributed by atoms with van der Waals surface area (Å²) in [5, 5.41) is 2.40. The van der Waals surface area contributed by atoms with Gasteiger partial charge in [0.15, 0.2) is 0 Å². The van der Waals surface area contributed by atoms with Crippen LogP contribution in [0.2, 0.25) is 0 Å². The molecule has 0 bridgehead atoms. The zero-order chi connectivity index (χ0) is 21.8. The first-order chi connectivity index (χ1) is 15.0. The van der Waals surface area contributed by atoms with Crippen molar-refractivity contribution in [3.63, 3.8) is 0 Å². The Hall–Kier alpha value is -3.71. The Balaban J connectivity index is 1.45. The highest BCUT2D eigenvalue weighted by atomic mass is 32.2. The van der Waals surface area contributed by atoms with Gasteiger partial charge in [0.1, 0.15) is 5.82 Å². The smallest absolute Gasteiger partial charge is 0.293 e. The number of halogens is 1. The fourth-order valence-electron chi connectivity index (χ4n) is 3.06. The number of nitrogens with zero attached hydrogens (tertiary/aromatic N) is 1. The van der Waals surface area contributed by atoms with Gasteiger partial charge in [0.2, 0.25) is 0 Å². The van der Waals surface area contributed by atoms with Crippen LogP contribution in [0.25, 0.3) is 6.08 Å². The first-order valence-corrected chi connectivity index (χ1v) is 10.3. The maximum atomic E-state index is 13.4. The van der Waals surface area contributed by atoms with Crippen molar-refractivity contribution in [3.8, 4) is 0 Å². The number of anilines is 1. The van der Waals surface area contributed by atoms with Crippen LogP contribution < -0.4 is 5.32 Å². The summed E-state index contributed by atoms with van der Waals surface area (Å²) in [5.74, 6) is -1.09. The average Bonchev–Trinajstić information content (AvgIpc) is 3.02. The van der Waals surface area contributed by atoms with E-state index in [0.717, 1.165) is 16.7 Å². The molecule has 3 aromatic rings. The normalized spacial score (nSPS) is 14.9. The lowest BCUT2D eigenvalue weighted by molar-refractivity contribution is -0.123. The molecule has 0 radical (unpaired) electrons. The number of para-hydroxylation sites is 1. The minimum atomic E-state index is -0.426. The summed E-state index contributed by atoms with van der Waals surface area (Å²) in [4.78, 5) is 38.6. The molecule has 3 amide bonds. The number of benzene rings is 3. The summed E-state index contributed by atoms with van der Waals surface area (Å²) in [6.07, 6.45) is 1.61. The number of nitrogens with one attached hydrogen (secondary N) is 1. The van der Waals surface area contributed by atoms with E-state index < -0.39 is 17.0 Å². The molecule has 31 heavy (non-hydrogen) atoms. The van der Waals surface area contributed by atoms with Crippen molar-refractivity contribution in [2.45, 2.75) is 6.54 Å². The number of hydrogen-bond donors (Lipinski definition) is 1. The third-order valence-electron chi connectivity index (χ3n) is 4.61. The van der Waals surface area contributed by atoms with Crippen LogP contribution in [0.3, 0.4) is 0 Å². The second-order valence-corrected chi connectivity index (χ2v) is 7.83. The first kappa shape index (κ1) is 20.6. The van der Waals surface area contributed by atoms with Gasteiger partial charge in [-0.05, 0) is 65.4 Å². The number of hydrogen-bond acceptors (Lipinski definition) is 4. The van der Waals surface area contributed by atoms with Crippen molar-refractivity contribution >= 4 is 40.6 Å². The van der Waals surface area contributed by atoms with Crippen LogP contribution in [0.1, 0.15) is 21.5 Å². The van der Waals surface area contributed by atoms with Crippen LogP contribution in [0.5, 0.6) is 0 Å². The van der Waals surface area contributed by atoms with Gasteiger partial charge in [-0.3, -0.25) is 19.3 Å². The highest BCUT2D eigenvalue weighted by Gasteiger charge is 2.35. The predicted octanol–water partition coefficient (Wildman–Crippen LogP) is 5.31. The van der Waals surface area contributed by atoms with E-state index in [4.69, 9.17) is 0 Å². The molecule has 0 saturated carbocycles. The van der Waals surface area contributed by atoms with E-state index in [-0.39, 0.29) is 17.4 Å². The molecular weight excluding hydrogens is 415 g/mol. The third kappa shape index (κ3) is 4.90. The monoisotopic (exact) mass is 432 g/mol. The molecule has 1 aliphatic heterocycles. The van der Waals surface area contributed by atoms with Crippen LogP contribution in [-0.4, -0.2) is 22.0 Å². The van der Waals surface area contributed by atoms with Gasteiger partial charge in [0.05, 0.1) is 11.4 Å². The summed E-state index contributed by atoms with van der Waals surface area (Å²) in [6, 6.07) is 21.7. The van der Waals surface area contributed by atoms with Crippen LogP contribution in [0, 0.1) is 5.82 Å². The molecule has 0 atom stereocenters. The SMILES string of the molecule is O=C(Nc1ccccc1)c1ccc(C=C2SC(=O)N(Cc3cccc(F)c3)C2=O)cc1. The van der Waals surface area contributed by atoms with Crippen LogP contribution in [0.15, 0.2) is 83.8 Å². The molecule has 1 saturated heterocycles. The van der Waals surface area contributed by atoms with Gasteiger partial charge in [0.25, 0.3) is 17.1 Å². The molecule has 1 fully saturated rings. The molecule has 1 heterocycles. The Kier molecular flexibility index (Phi) is 5.95. The fourth-order valence-corrected chi connectivity index (χ4v) is 3.90. The van der Waals surface area contributed by atoms with Crippen molar-refractivity contribution in [1.82, 2.24) is 4.90 Å². The van der Waals surface area contributed by atoms with Crippen molar-refractivity contribution in [1.29, 1.82) is 0 Å². The Morgan fingerprint density at radius 2 is 1.71 bits per heavy atom. The molecule has 0 aromatic heterocycles. The van der Waals surface area contributed by atoms with Gasteiger partial charge in [-0.25, -0.2) is 4.39 Å². The summed E-state index contributed by atoms with van der Waals surface area (Å²) in [5.41, 5.74) is 2.40. The Morgan fingerprint density at radius 3 is 2.42 bits per heavy atom. The number of thioether (sulfide) groups is 1. The van der Waals surface area contributed by atoms with Gasteiger partial charge in [-0.1, -0.05) is 42.5 Å². The van der Waals surface area contributed by atoms with Gasteiger partial charge in [-0.15, -0.1) is 0 Å². The largest absolute Gasteiger partial charge is 0.322 e. The van der Waals surface area contributed by atoms with Crippen LogP contribution in [0.4, 0.5) is 14.9 Å². The van der Waals surface area contributed by atoms with Gasteiger partial charge >= 0.3 is 0 Å². The Morgan fingerprint density at radius 1 is 0.968 bits per heavy atom. The average molecular weight is 432 g/mol. The second-order valence-electron chi connectivity index (χ2n) is 6.84. The molecule has 154 valence electrons. The molecule has 5 nitrogen and oxygen atoms in total. The summed E-state index contributed by atoms with van der Waals surface area (Å²) in [6.45, 7) is 0.0123. The minimum absolute atomic E-state index is 0.0123. The fraction of sp³-hybridized carbons (Fsp3) is 0.0417. The highest BCUT2D eigenvalue weighted by Crippen LogP contribution is 2.33. The molecule has 0 spiro atoms. The van der Waals surface area contributed by atoms with Gasteiger partial charge in [-0.2, -0.15) is 0 Å². The Labute approximate surface area is 182 Å².